The van der Waals surface area contributed by atoms with Gasteiger partial charge in [-0.25, -0.2) is 5.06 Å². The molecule has 3 heteroatoms. The Balaban J connectivity index is 2.14. The van der Waals surface area contributed by atoms with E-state index in [1.54, 1.807) is 0 Å². The quantitative estimate of drug-likeness (QED) is 0.677. The first kappa shape index (κ1) is 9.21. The molecule has 14 heavy (non-hydrogen) atoms. The summed E-state index contributed by atoms with van der Waals surface area (Å²) < 4.78 is 0. The zero-order chi connectivity index (χ0) is 9.97. The number of rotatable bonds is 1. The third-order valence-corrected chi connectivity index (χ3v) is 2.28. The lowest BCUT2D eigenvalue weighted by Gasteiger charge is -2.13. The van der Waals surface area contributed by atoms with Crippen molar-refractivity contribution in [2.24, 2.45) is 0 Å². The largest absolute Gasteiger partial charge is 0.277 e. The van der Waals surface area contributed by atoms with Crippen LogP contribution in [0.4, 0.5) is 0 Å². The molecule has 1 heterocycles. The number of hydroxylamine groups is 2. The fourth-order valence-electron chi connectivity index (χ4n) is 1.45. The van der Waals surface area contributed by atoms with Crippen LogP contribution in [0.15, 0.2) is 24.3 Å². The van der Waals surface area contributed by atoms with Gasteiger partial charge in [0.15, 0.2) is 0 Å². The molecule has 3 nitrogen and oxygen atoms in total. The highest BCUT2D eigenvalue weighted by atomic mass is 16.7. The average Bonchev–Trinajstić information content (AvgIpc) is 2.71. The molecule has 2 rings (SSSR count). The fourth-order valence-corrected chi connectivity index (χ4v) is 1.45. The highest BCUT2D eigenvalue weighted by Crippen LogP contribution is 2.11. The van der Waals surface area contributed by atoms with E-state index in [4.69, 9.17) is 4.84 Å². The van der Waals surface area contributed by atoms with Crippen LogP contribution in [0.2, 0.25) is 0 Å². The zero-order valence-electron chi connectivity index (χ0n) is 8.19. The number of hydrogen-bond donors (Lipinski definition) is 0. The van der Waals surface area contributed by atoms with Crippen LogP contribution in [0.25, 0.3) is 0 Å². The summed E-state index contributed by atoms with van der Waals surface area (Å²) in [5, 5.41) is 1.44. The van der Waals surface area contributed by atoms with Crippen molar-refractivity contribution in [3.05, 3.63) is 35.4 Å². The molecular weight excluding hydrogens is 178 g/mol. The first-order valence-corrected chi connectivity index (χ1v) is 4.79. The first-order valence-electron chi connectivity index (χ1n) is 4.79. The van der Waals surface area contributed by atoms with Crippen molar-refractivity contribution in [3.63, 3.8) is 0 Å². The van der Waals surface area contributed by atoms with Crippen LogP contribution in [0.3, 0.4) is 0 Å². The molecule has 1 aliphatic rings. The minimum absolute atomic E-state index is 0.0394. The molecule has 0 radical (unpaired) electrons. The molecule has 1 fully saturated rings. The maximum atomic E-state index is 11.8. The number of nitrogens with zero attached hydrogens (tertiary/aromatic N) is 1. The molecule has 0 unspecified atom stereocenters. The standard InChI is InChI=1S/C11H13NO2/c1-9-3-5-10(6-4-9)11(13)12-7-2-8-14-12/h3-6H,2,7-8H2,1H3. The van der Waals surface area contributed by atoms with Crippen LogP contribution < -0.4 is 0 Å². The van der Waals surface area contributed by atoms with Crippen molar-refractivity contribution in [3.8, 4) is 0 Å². The van der Waals surface area contributed by atoms with Crippen molar-refractivity contribution in [1.82, 2.24) is 5.06 Å². The summed E-state index contributed by atoms with van der Waals surface area (Å²) in [5.41, 5.74) is 1.85. The van der Waals surface area contributed by atoms with Crippen LogP contribution >= 0.6 is 0 Å². The van der Waals surface area contributed by atoms with Crippen LogP contribution in [0.5, 0.6) is 0 Å². The number of aryl methyl sites for hydroxylation is 1. The lowest BCUT2D eigenvalue weighted by atomic mass is 10.1. The fraction of sp³-hybridized carbons (Fsp3) is 0.364. The van der Waals surface area contributed by atoms with Gasteiger partial charge in [-0.1, -0.05) is 17.7 Å². The van der Waals surface area contributed by atoms with Crippen molar-refractivity contribution < 1.29 is 9.63 Å². The molecule has 0 spiro atoms. The minimum atomic E-state index is -0.0394. The highest BCUT2D eigenvalue weighted by Gasteiger charge is 2.20. The molecule has 74 valence electrons. The lowest BCUT2D eigenvalue weighted by Crippen LogP contribution is -2.26. The molecule has 1 aromatic rings. The van der Waals surface area contributed by atoms with Gasteiger partial charge in [0.1, 0.15) is 0 Å². The zero-order valence-corrected chi connectivity index (χ0v) is 8.19. The maximum absolute atomic E-state index is 11.8. The van der Waals surface area contributed by atoms with Gasteiger partial charge >= 0.3 is 0 Å². The SMILES string of the molecule is Cc1ccc(C(=O)N2CCCO2)cc1. The van der Waals surface area contributed by atoms with Crippen LogP contribution in [0.1, 0.15) is 22.3 Å². The molecule has 0 N–H and O–H groups in total. The summed E-state index contributed by atoms with van der Waals surface area (Å²) in [6.45, 7) is 3.35. The van der Waals surface area contributed by atoms with E-state index in [0.29, 0.717) is 18.7 Å². The highest BCUT2D eigenvalue weighted by molar-refractivity contribution is 5.93. The Labute approximate surface area is 83.2 Å². The minimum Gasteiger partial charge on any atom is -0.271 e. The summed E-state index contributed by atoms with van der Waals surface area (Å²) in [6, 6.07) is 7.53. The van der Waals surface area contributed by atoms with Crippen molar-refractivity contribution >= 4 is 5.91 Å². The van der Waals surface area contributed by atoms with E-state index >= 15 is 0 Å². The third kappa shape index (κ3) is 1.77. The number of amides is 1. The Hall–Kier alpha value is -1.35. The van der Waals surface area contributed by atoms with E-state index in [2.05, 4.69) is 0 Å². The van der Waals surface area contributed by atoms with E-state index in [1.165, 1.54) is 5.06 Å². The summed E-state index contributed by atoms with van der Waals surface area (Å²) in [4.78, 5) is 16.9. The van der Waals surface area contributed by atoms with Gasteiger partial charge in [0.25, 0.3) is 5.91 Å². The molecule has 1 aromatic carbocycles. The number of carbonyl (C=O) groups excluding carboxylic acids is 1. The second-order valence-electron chi connectivity index (χ2n) is 3.46. The Morgan fingerprint density at radius 3 is 2.64 bits per heavy atom. The van der Waals surface area contributed by atoms with Crippen molar-refractivity contribution in [1.29, 1.82) is 0 Å². The van der Waals surface area contributed by atoms with Crippen LogP contribution in [0, 0.1) is 6.92 Å². The van der Waals surface area contributed by atoms with E-state index < -0.39 is 0 Å². The van der Waals surface area contributed by atoms with Gasteiger partial charge in [-0.3, -0.25) is 9.63 Å². The monoisotopic (exact) mass is 191 g/mol. The third-order valence-electron chi connectivity index (χ3n) is 2.28. The second-order valence-corrected chi connectivity index (χ2v) is 3.46. The van der Waals surface area contributed by atoms with Crippen molar-refractivity contribution in [2.45, 2.75) is 13.3 Å². The summed E-state index contributed by atoms with van der Waals surface area (Å²) in [7, 11) is 0. The average molecular weight is 191 g/mol. The van der Waals surface area contributed by atoms with E-state index in [1.807, 2.05) is 31.2 Å². The molecule has 0 atom stereocenters. The Morgan fingerprint density at radius 2 is 2.07 bits per heavy atom. The molecule has 0 bridgehead atoms. The topological polar surface area (TPSA) is 29.5 Å². The molecule has 1 saturated heterocycles. The number of carbonyl (C=O) groups is 1. The summed E-state index contributed by atoms with van der Waals surface area (Å²) in [6.07, 6.45) is 0.928. The maximum Gasteiger partial charge on any atom is 0.277 e. The molecular formula is C11H13NO2. The van der Waals surface area contributed by atoms with E-state index in [0.717, 1.165) is 12.0 Å². The van der Waals surface area contributed by atoms with E-state index in [9.17, 15) is 4.79 Å². The Kier molecular flexibility index (Phi) is 2.50. The van der Waals surface area contributed by atoms with E-state index in [-0.39, 0.29) is 5.91 Å². The van der Waals surface area contributed by atoms with Crippen LogP contribution in [-0.2, 0) is 4.84 Å². The Bertz CT molecular complexity index is 326. The predicted octanol–water partition coefficient (Wildman–Crippen LogP) is 1.77. The number of hydrogen-bond acceptors (Lipinski definition) is 2. The van der Waals surface area contributed by atoms with Gasteiger partial charge in [-0.15, -0.1) is 0 Å². The smallest absolute Gasteiger partial charge is 0.271 e. The van der Waals surface area contributed by atoms with Gasteiger partial charge < -0.3 is 0 Å². The molecule has 0 saturated carbocycles. The predicted molar refractivity (Wildman–Crippen MR) is 52.8 cm³/mol. The molecule has 1 aliphatic heterocycles. The van der Waals surface area contributed by atoms with Gasteiger partial charge in [-0.2, -0.15) is 0 Å². The van der Waals surface area contributed by atoms with Crippen LogP contribution in [-0.4, -0.2) is 24.1 Å². The summed E-state index contributed by atoms with van der Waals surface area (Å²) in [5.74, 6) is -0.0394. The number of benzene rings is 1. The molecule has 1 amide bonds. The normalized spacial score (nSPS) is 15.9. The molecule has 0 aliphatic carbocycles. The lowest BCUT2D eigenvalue weighted by molar-refractivity contribution is -0.0768. The molecule has 0 aromatic heterocycles. The van der Waals surface area contributed by atoms with Gasteiger partial charge in [0.05, 0.1) is 13.2 Å². The van der Waals surface area contributed by atoms with Gasteiger partial charge in [0, 0.05) is 5.56 Å². The summed E-state index contributed by atoms with van der Waals surface area (Å²) >= 11 is 0. The van der Waals surface area contributed by atoms with Gasteiger partial charge in [-0.05, 0) is 25.5 Å². The van der Waals surface area contributed by atoms with Crippen molar-refractivity contribution in [2.75, 3.05) is 13.2 Å². The first-order chi connectivity index (χ1) is 6.77. The Morgan fingerprint density at radius 1 is 1.36 bits per heavy atom. The second kappa shape index (κ2) is 3.80. The van der Waals surface area contributed by atoms with Gasteiger partial charge in [0.2, 0.25) is 0 Å².